The average molecular weight is 431 g/mol. The lowest BCUT2D eigenvalue weighted by Crippen LogP contribution is -2.51. The Hall–Kier alpha value is -3.62. The van der Waals surface area contributed by atoms with Crippen molar-refractivity contribution < 1.29 is 27.1 Å². The molecule has 0 spiro atoms. The van der Waals surface area contributed by atoms with Crippen LogP contribution in [0.1, 0.15) is 23.2 Å². The van der Waals surface area contributed by atoms with Gasteiger partial charge in [0.15, 0.2) is 0 Å². The molecule has 1 aliphatic heterocycles. The number of pyridine rings is 1. The van der Waals surface area contributed by atoms with E-state index in [1.165, 1.54) is 42.6 Å². The number of benzene rings is 2. The molecule has 2 aromatic carbocycles. The Labute approximate surface area is 175 Å². The van der Waals surface area contributed by atoms with Crippen molar-refractivity contribution in [2.24, 2.45) is 0 Å². The van der Waals surface area contributed by atoms with Crippen molar-refractivity contribution in [1.82, 2.24) is 10.3 Å². The minimum Gasteiger partial charge on any atom is -0.491 e. The summed E-state index contributed by atoms with van der Waals surface area (Å²) in [7, 11) is 0. The fraction of sp³-hybridized carbons (Fsp3) is 0.182. The Kier molecular flexibility index (Phi) is 5.26. The summed E-state index contributed by atoms with van der Waals surface area (Å²) in [6, 6.07) is 12.5. The highest BCUT2D eigenvalue weighted by Crippen LogP contribution is 2.41. The molecule has 1 atom stereocenters. The third-order valence-electron chi connectivity index (χ3n) is 5.04. The van der Waals surface area contributed by atoms with Crippen molar-refractivity contribution >= 4 is 11.7 Å². The zero-order valence-electron chi connectivity index (χ0n) is 16.0. The van der Waals surface area contributed by atoms with Gasteiger partial charge in [0.05, 0.1) is 12.2 Å². The van der Waals surface area contributed by atoms with E-state index < -0.39 is 29.1 Å². The molecular formula is C22H17F4N3O2. The molecular weight excluding hydrogens is 414 g/mol. The van der Waals surface area contributed by atoms with E-state index in [1.807, 2.05) is 0 Å². The molecule has 9 heteroatoms. The second kappa shape index (κ2) is 7.90. The molecule has 2 heterocycles. The average Bonchev–Trinajstić information content (AvgIpc) is 2.75. The number of nitrogens with zero attached hydrogens (tertiary/aromatic N) is 1. The van der Waals surface area contributed by atoms with Gasteiger partial charge in [0.25, 0.3) is 0 Å². The first kappa shape index (κ1) is 20.6. The normalized spacial score (nSPS) is 17.9. The third-order valence-corrected chi connectivity index (χ3v) is 5.04. The first-order valence-electron chi connectivity index (χ1n) is 9.39. The summed E-state index contributed by atoms with van der Waals surface area (Å²) in [6.45, 7) is 0.219. The number of carbonyl (C=O) groups excluding carboxylic acids is 1. The second-order valence-corrected chi connectivity index (χ2v) is 7.02. The van der Waals surface area contributed by atoms with Gasteiger partial charge in [0.2, 0.25) is 0 Å². The summed E-state index contributed by atoms with van der Waals surface area (Å²) >= 11 is 0. The van der Waals surface area contributed by atoms with Gasteiger partial charge in [0, 0.05) is 18.3 Å². The van der Waals surface area contributed by atoms with E-state index in [0.717, 1.165) is 12.1 Å². The lowest BCUT2D eigenvalue weighted by Gasteiger charge is -2.39. The molecule has 0 fully saturated rings. The summed E-state index contributed by atoms with van der Waals surface area (Å²) in [5.41, 5.74) is -0.846. The molecule has 5 nitrogen and oxygen atoms in total. The largest absolute Gasteiger partial charge is 0.491 e. The number of ether oxygens (including phenoxy) is 1. The minimum atomic E-state index is -4.48. The lowest BCUT2D eigenvalue weighted by molar-refractivity contribution is -0.137. The second-order valence-electron chi connectivity index (χ2n) is 7.02. The van der Waals surface area contributed by atoms with E-state index in [2.05, 4.69) is 15.6 Å². The van der Waals surface area contributed by atoms with Crippen molar-refractivity contribution in [3.05, 3.63) is 89.5 Å². The van der Waals surface area contributed by atoms with Crippen LogP contribution in [0.5, 0.6) is 5.75 Å². The molecule has 1 unspecified atom stereocenters. The Morgan fingerprint density at radius 2 is 1.74 bits per heavy atom. The van der Waals surface area contributed by atoms with E-state index in [-0.39, 0.29) is 13.0 Å². The number of urea groups is 1. The third kappa shape index (κ3) is 4.16. The van der Waals surface area contributed by atoms with Crippen LogP contribution in [0.4, 0.5) is 28.0 Å². The van der Waals surface area contributed by atoms with Crippen LogP contribution in [0.3, 0.4) is 0 Å². The zero-order chi connectivity index (χ0) is 22.1. The predicted octanol–water partition coefficient (Wildman–Crippen LogP) is 5.09. The standard InChI is InChI=1S/C22H17F4N3O2/c23-16-7-9-17(10-8-16)28-20(30)29-21(11-13-31-18-2-1-12-27-19(18)21)14-3-5-15(6-4-14)22(24,25)26/h1-10,12H,11,13H2,(H2,28,29,30). The molecule has 160 valence electrons. The number of halogens is 4. The topological polar surface area (TPSA) is 63.2 Å². The maximum absolute atomic E-state index is 13.1. The van der Waals surface area contributed by atoms with Crippen LogP contribution < -0.4 is 15.4 Å². The SMILES string of the molecule is O=C(Nc1ccc(F)cc1)NC1(c2ccc(C(F)(F)F)cc2)CCOc2cccnc21. The number of fused-ring (bicyclic) bond motifs is 1. The quantitative estimate of drug-likeness (QED) is 0.568. The summed E-state index contributed by atoms with van der Waals surface area (Å²) in [5, 5.41) is 5.47. The first-order valence-corrected chi connectivity index (χ1v) is 9.39. The number of rotatable bonds is 3. The van der Waals surface area contributed by atoms with Crippen LogP contribution in [0.25, 0.3) is 0 Å². The van der Waals surface area contributed by atoms with Crippen molar-refractivity contribution in [2.75, 3.05) is 11.9 Å². The number of hydrogen-bond donors (Lipinski definition) is 2. The van der Waals surface area contributed by atoms with Crippen LogP contribution in [0.15, 0.2) is 66.9 Å². The van der Waals surface area contributed by atoms with Crippen LogP contribution >= 0.6 is 0 Å². The maximum Gasteiger partial charge on any atom is 0.416 e. The first-order chi connectivity index (χ1) is 14.8. The van der Waals surface area contributed by atoms with Gasteiger partial charge in [-0.15, -0.1) is 0 Å². The number of anilines is 1. The van der Waals surface area contributed by atoms with Crippen LogP contribution in [-0.4, -0.2) is 17.6 Å². The monoisotopic (exact) mass is 431 g/mol. The van der Waals surface area contributed by atoms with E-state index in [0.29, 0.717) is 22.7 Å². The van der Waals surface area contributed by atoms with E-state index in [4.69, 9.17) is 4.74 Å². The van der Waals surface area contributed by atoms with Crippen molar-refractivity contribution in [3.63, 3.8) is 0 Å². The highest BCUT2D eigenvalue weighted by atomic mass is 19.4. The number of alkyl halides is 3. The van der Waals surface area contributed by atoms with Crippen LogP contribution in [0, 0.1) is 5.82 Å². The van der Waals surface area contributed by atoms with Gasteiger partial charge < -0.3 is 15.4 Å². The number of hydrogen-bond acceptors (Lipinski definition) is 3. The molecule has 0 saturated carbocycles. The highest BCUT2D eigenvalue weighted by molar-refractivity contribution is 5.90. The summed E-state index contributed by atoms with van der Waals surface area (Å²) in [6.07, 6.45) is -2.71. The van der Waals surface area contributed by atoms with Crippen LogP contribution in [0.2, 0.25) is 0 Å². The van der Waals surface area contributed by atoms with Crippen molar-refractivity contribution in [1.29, 1.82) is 0 Å². The van der Waals surface area contributed by atoms with Crippen molar-refractivity contribution in [2.45, 2.75) is 18.1 Å². The zero-order valence-corrected chi connectivity index (χ0v) is 16.0. The summed E-state index contributed by atoms with van der Waals surface area (Å²) in [4.78, 5) is 17.2. The van der Waals surface area contributed by atoms with E-state index in [1.54, 1.807) is 12.1 Å². The van der Waals surface area contributed by atoms with Gasteiger partial charge in [-0.1, -0.05) is 12.1 Å². The number of carbonyl (C=O) groups is 1. The fourth-order valence-electron chi connectivity index (χ4n) is 3.57. The van der Waals surface area contributed by atoms with Gasteiger partial charge in [-0.05, 0) is 54.1 Å². The Morgan fingerprint density at radius 1 is 1.03 bits per heavy atom. The molecule has 1 aromatic heterocycles. The molecule has 31 heavy (non-hydrogen) atoms. The predicted molar refractivity (Wildman–Crippen MR) is 105 cm³/mol. The number of nitrogens with one attached hydrogen (secondary N) is 2. The van der Waals surface area contributed by atoms with Gasteiger partial charge >= 0.3 is 12.2 Å². The van der Waals surface area contributed by atoms with Crippen molar-refractivity contribution in [3.8, 4) is 5.75 Å². The maximum atomic E-state index is 13.1. The smallest absolute Gasteiger partial charge is 0.416 e. The Balaban J connectivity index is 1.72. The molecule has 0 radical (unpaired) electrons. The van der Waals surface area contributed by atoms with Crippen LogP contribution in [-0.2, 0) is 11.7 Å². The highest BCUT2D eigenvalue weighted by Gasteiger charge is 2.43. The number of aromatic nitrogens is 1. The molecule has 0 bridgehead atoms. The molecule has 0 aliphatic carbocycles. The van der Waals surface area contributed by atoms with Gasteiger partial charge in [-0.25, -0.2) is 9.18 Å². The molecule has 3 aromatic rings. The summed E-state index contributed by atoms with van der Waals surface area (Å²) < 4.78 is 57.9. The lowest BCUT2D eigenvalue weighted by atomic mass is 9.81. The molecule has 4 rings (SSSR count). The number of amides is 2. The van der Waals surface area contributed by atoms with E-state index in [9.17, 15) is 22.4 Å². The Bertz CT molecular complexity index is 1090. The van der Waals surface area contributed by atoms with E-state index >= 15 is 0 Å². The molecule has 0 saturated heterocycles. The van der Waals surface area contributed by atoms with Gasteiger partial charge in [0.1, 0.15) is 22.8 Å². The minimum absolute atomic E-state index is 0.219. The molecule has 2 amide bonds. The summed E-state index contributed by atoms with van der Waals surface area (Å²) in [5.74, 6) is -0.0227. The molecule has 2 N–H and O–H groups in total. The fourth-order valence-corrected chi connectivity index (χ4v) is 3.57. The van der Waals surface area contributed by atoms with Gasteiger partial charge in [-0.2, -0.15) is 13.2 Å². The van der Waals surface area contributed by atoms with Gasteiger partial charge in [-0.3, -0.25) is 4.98 Å². The Morgan fingerprint density at radius 3 is 2.42 bits per heavy atom. The molecule has 1 aliphatic rings.